The van der Waals surface area contributed by atoms with Gasteiger partial charge in [-0.1, -0.05) is 31.2 Å². The molecule has 3 aromatic rings. The molecule has 0 spiro atoms. The van der Waals surface area contributed by atoms with Crippen LogP contribution in [0.25, 0.3) is 11.0 Å². The molecule has 8 nitrogen and oxygen atoms in total. The lowest BCUT2D eigenvalue weighted by molar-refractivity contribution is -0.130. The zero-order chi connectivity index (χ0) is 24.2. The zero-order valence-corrected chi connectivity index (χ0v) is 19.4. The molecule has 0 fully saturated rings. The summed E-state index contributed by atoms with van der Waals surface area (Å²) in [6, 6.07) is 13.3. The molecule has 1 aliphatic rings. The van der Waals surface area contributed by atoms with Gasteiger partial charge in [0.25, 0.3) is 5.91 Å². The average molecular weight is 466 g/mol. The summed E-state index contributed by atoms with van der Waals surface area (Å²) in [5.41, 5.74) is 1.01. The van der Waals surface area contributed by atoms with Crippen molar-refractivity contribution in [3.05, 3.63) is 71.2 Å². The first-order valence-electron chi connectivity index (χ1n) is 11.1. The number of aliphatic hydroxyl groups is 1. The molecule has 34 heavy (non-hydrogen) atoms. The van der Waals surface area contributed by atoms with Crippen molar-refractivity contribution in [1.29, 1.82) is 0 Å². The molecule has 0 saturated carbocycles. The van der Waals surface area contributed by atoms with Gasteiger partial charge in [-0.15, -0.1) is 0 Å². The number of aliphatic hydroxyl groups excluding tert-OH is 1. The first-order valence-corrected chi connectivity index (χ1v) is 11.1. The molecule has 1 N–H and O–H groups in total. The maximum atomic E-state index is 13.6. The molecular formula is C26H27NO7. The highest BCUT2D eigenvalue weighted by Crippen LogP contribution is 2.40. The predicted octanol–water partition coefficient (Wildman–Crippen LogP) is 4.45. The number of fused-ring (bicyclic) bond motifs is 1. The SMILES string of the molecule is CCCOc1cccc(C2C(C(=O)c3cc4cccc(OC)c4o3)=C(O)C(=O)N2CCOC)c1. The number of Topliss-reactive ketones (excluding diaryl/α,β-unsaturated/α-hetero) is 1. The lowest BCUT2D eigenvalue weighted by Crippen LogP contribution is -2.34. The molecule has 2 aromatic carbocycles. The molecule has 1 amide bonds. The van der Waals surface area contributed by atoms with Gasteiger partial charge in [0.2, 0.25) is 5.78 Å². The number of furan rings is 1. The first kappa shape index (κ1) is 23.4. The maximum absolute atomic E-state index is 13.6. The van der Waals surface area contributed by atoms with Crippen LogP contribution in [-0.2, 0) is 9.53 Å². The Labute approximate surface area is 197 Å². The summed E-state index contributed by atoms with van der Waals surface area (Å²) in [7, 11) is 3.04. The van der Waals surface area contributed by atoms with Gasteiger partial charge in [-0.25, -0.2) is 0 Å². The van der Waals surface area contributed by atoms with E-state index in [1.165, 1.54) is 19.1 Å². The van der Waals surface area contributed by atoms with E-state index in [0.717, 1.165) is 6.42 Å². The van der Waals surface area contributed by atoms with Gasteiger partial charge in [0.15, 0.2) is 22.9 Å². The molecule has 1 aliphatic heterocycles. The lowest BCUT2D eigenvalue weighted by atomic mass is 9.95. The van der Waals surface area contributed by atoms with Crippen LogP contribution in [0.15, 0.2) is 64.3 Å². The third-order valence-corrected chi connectivity index (χ3v) is 5.68. The summed E-state index contributed by atoms with van der Waals surface area (Å²) in [4.78, 5) is 28.1. The van der Waals surface area contributed by atoms with E-state index < -0.39 is 23.5 Å². The summed E-state index contributed by atoms with van der Waals surface area (Å²) in [5.74, 6) is -0.710. The van der Waals surface area contributed by atoms with E-state index in [9.17, 15) is 14.7 Å². The Hall–Kier alpha value is -3.78. The number of para-hydroxylation sites is 1. The molecular weight excluding hydrogens is 438 g/mol. The summed E-state index contributed by atoms with van der Waals surface area (Å²) in [6.07, 6.45) is 0.839. The van der Waals surface area contributed by atoms with Crippen LogP contribution < -0.4 is 9.47 Å². The normalized spacial score (nSPS) is 15.9. The van der Waals surface area contributed by atoms with Gasteiger partial charge in [0, 0.05) is 19.0 Å². The van der Waals surface area contributed by atoms with E-state index in [1.54, 1.807) is 42.5 Å². The van der Waals surface area contributed by atoms with E-state index >= 15 is 0 Å². The average Bonchev–Trinajstić information content (AvgIpc) is 3.40. The summed E-state index contributed by atoms with van der Waals surface area (Å²) in [6.45, 7) is 2.97. The Kier molecular flexibility index (Phi) is 6.88. The van der Waals surface area contributed by atoms with Gasteiger partial charge in [0.1, 0.15) is 5.75 Å². The Bertz CT molecular complexity index is 1240. The van der Waals surface area contributed by atoms with Crippen molar-refractivity contribution in [2.75, 3.05) is 34.0 Å². The summed E-state index contributed by atoms with van der Waals surface area (Å²) >= 11 is 0. The number of nitrogens with zero attached hydrogens (tertiary/aromatic N) is 1. The molecule has 8 heteroatoms. The van der Waals surface area contributed by atoms with E-state index in [4.69, 9.17) is 18.6 Å². The van der Waals surface area contributed by atoms with Crippen LogP contribution in [0.4, 0.5) is 0 Å². The predicted molar refractivity (Wildman–Crippen MR) is 125 cm³/mol. The second kappa shape index (κ2) is 10.0. The Morgan fingerprint density at radius 1 is 1.12 bits per heavy atom. The maximum Gasteiger partial charge on any atom is 0.290 e. The molecule has 178 valence electrons. The fourth-order valence-corrected chi connectivity index (χ4v) is 4.09. The zero-order valence-electron chi connectivity index (χ0n) is 19.4. The van der Waals surface area contributed by atoms with Crippen molar-refractivity contribution in [2.45, 2.75) is 19.4 Å². The standard InChI is InChI=1S/C26H27NO7/c1-4-12-33-18-9-5-7-16(14-18)22-21(24(29)26(30)27(22)11-13-31-2)23(28)20-15-17-8-6-10-19(32-3)25(17)34-20/h5-10,14-15,22,29H,4,11-13H2,1-3H3. The first-order chi connectivity index (χ1) is 16.5. The molecule has 0 saturated heterocycles. The van der Waals surface area contributed by atoms with Crippen LogP contribution in [-0.4, -0.2) is 55.7 Å². The van der Waals surface area contributed by atoms with Crippen LogP contribution in [0.3, 0.4) is 0 Å². The van der Waals surface area contributed by atoms with Crippen molar-refractivity contribution >= 4 is 22.7 Å². The number of hydrogen-bond donors (Lipinski definition) is 1. The van der Waals surface area contributed by atoms with E-state index in [-0.39, 0.29) is 24.5 Å². The van der Waals surface area contributed by atoms with Gasteiger partial charge in [-0.2, -0.15) is 0 Å². The number of rotatable bonds is 10. The number of hydrogen-bond acceptors (Lipinski definition) is 7. The molecule has 1 unspecified atom stereocenters. The minimum Gasteiger partial charge on any atom is -0.503 e. The smallest absolute Gasteiger partial charge is 0.290 e. The second-order valence-corrected chi connectivity index (χ2v) is 7.90. The van der Waals surface area contributed by atoms with Gasteiger partial charge in [0.05, 0.1) is 31.9 Å². The second-order valence-electron chi connectivity index (χ2n) is 7.90. The summed E-state index contributed by atoms with van der Waals surface area (Å²) < 4.78 is 22.1. The number of ketones is 1. The highest BCUT2D eigenvalue weighted by Gasteiger charge is 2.44. The van der Waals surface area contributed by atoms with Crippen LogP contribution in [0.5, 0.6) is 11.5 Å². The topological polar surface area (TPSA) is 98.4 Å². The Morgan fingerprint density at radius 3 is 2.65 bits per heavy atom. The number of ether oxygens (including phenoxy) is 3. The van der Waals surface area contributed by atoms with Crippen molar-refractivity contribution in [2.24, 2.45) is 0 Å². The third kappa shape index (κ3) is 4.24. The number of methoxy groups -OCH3 is 2. The lowest BCUT2D eigenvalue weighted by Gasteiger charge is -2.26. The summed E-state index contributed by atoms with van der Waals surface area (Å²) in [5, 5.41) is 11.5. The molecule has 0 aliphatic carbocycles. The van der Waals surface area contributed by atoms with Gasteiger partial charge in [-0.05, 0) is 36.2 Å². The third-order valence-electron chi connectivity index (χ3n) is 5.68. The van der Waals surface area contributed by atoms with Crippen molar-refractivity contribution in [3.63, 3.8) is 0 Å². The fraction of sp³-hybridized carbons (Fsp3) is 0.308. The van der Waals surface area contributed by atoms with Crippen molar-refractivity contribution in [3.8, 4) is 11.5 Å². The molecule has 0 radical (unpaired) electrons. The number of benzene rings is 2. The van der Waals surface area contributed by atoms with Crippen LogP contribution in [0.1, 0.15) is 35.5 Å². The largest absolute Gasteiger partial charge is 0.503 e. The van der Waals surface area contributed by atoms with Crippen LogP contribution in [0, 0.1) is 0 Å². The highest BCUT2D eigenvalue weighted by atomic mass is 16.5. The van der Waals surface area contributed by atoms with Gasteiger partial charge < -0.3 is 28.6 Å². The fourth-order valence-electron chi connectivity index (χ4n) is 4.09. The van der Waals surface area contributed by atoms with Crippen LogP contribution in [0.2, 0.25) is 0 Å². The highest BCUT2D eigenvalue weighted by molar-refractivity contribution is 6.16. The Morgan fingerprint density at radius 2 is 1.91 bits per heavy atom. The molecule has 1 atom stereocenters. The quantitative estimate of drug-likeness (QED) is 0.442. The van der Waals surface area contributed by atoms with Crippen molar-refractivity contribution in [1.82, 2.24) is 4.90 Å². The molecule has 1 aromatic heterocycles. The molecule has 4 rings (SSSR count). The minimum absolute atomic E-state index is 0.00540. The number of carbonyl (C=O) groups excluding carboxylic acids is 2. The van der Waals surface area contributed by atoms with E-state index in [0.29, 0.717) is 34.6 Å². The number of amides is 1. The minimum atomic E-state index is -0.824. The molecule has 0 bridgehead atoms. The van der Waals surface area contributed by atoms with E-state index in [2.05, 4.69) is 0 Å². The van der Waals surface area contributed by atoms with E-state index in [1.807, 2.05) is 13.0 Å². The molecule has 2 heterocycles. The number of carbonyl (C=O) groups is 2. The van der Waals surface area contributed by atoms with Crippen LogP contribution >= 0.6 is 0 Å². The Balaban J connectivity index is 1.78. The van der Waals surface area contributed by atoms with Gasteiger partial charge >= 0.3 is 0 Å². The van der Waals surface area contributed by atoms with Gasteiger partial charge in [-0.3, -0.25) is 9.59 Å². The monoisotopic (exact) mass is 465 g/mol. The van der Waals surface area contributed by atoms with Crippen molar-refractivity contribution < 1.29 is 33.3 Å².